The molecule has 3 N–H and O–H groups in total. The molecule has 2 heterocycles. The first-order valence-electron chi connectivity index (χ1n) is 12.2. The van der Waals surface area contributed by atoms with Crippen LogP contribution in [0.2, 0.25) is 0 Å². The van der Waals surface area contributed by atoms with E-state index in [1.807, 2.05) is 13.0 Å². The quantitative estimate of drug-likeness (QED) is 0.435. The molecular weight excluding hydrogens is 445 g/mol. The van der Waals surface area contributed by atoms with Crippen molar-refractivity contribution in [3.8, 4) is 0 Å². The number of rotatable bonds is 8. The largest absolute Gasteiger partial charge is 0.391 e. The number of Topliss-reactive ketones (excluding diaryl/α,β-unsaturated/α-hetero) is 1. The lowest BCUT2D eigenvalue weighted by atomic mass is 9.77. The number of carbonyl (C=O) groups excluding carboxylic acids is 1. The fourth-order valence-electron chi connectivity index (χ4n) is 5.31. The van der Waals surface area contributed by atoms with Gasteiger partial charge in [-0.25, -0.2) is 4.98 Å². The van der Waals surface area contributed by atoms with Crippen LogP contribution in [0.1, 0.15) is 69.9 Å². The summed E-state index contributed by atoms with van der Waals surface area (Å²) in [5, 5.41) is 13.6. The third kappa shape index (κ3) is 6.93. The van der Waals surface area contributed by atoms with Crippen LogP contribution in [0.5, 0.6) is 0 Å². The number of H-pyrrole nitrogens is 1. The number of carbonyl (C=O) groups is 1. The molecule has 0 bridgehead atoms. The molecule has 2 saturated carbocycles. The predicted molar refractivity (Wildman–Crippen MR) is 124 cm³/mol. The Morgan fingerprint density at radius 2 is 1.85 bits per heavy atom. The van der Waals surface area contributed by atoms with Crippen molar-refractivity contribution in [2.24, 2.45) is 17.8 Å². The molecule has 2 atom stereocenters. The van der Waals surface area contributed by atoms with E-state index in [1.165, 1.54) is 0 Å². The van der Waals surface area contributed by atoms with Gasteiger partial charge < -0.3 is 10.6 Å². The lowest BCUT2D eigenvalue weighted by molar-refractivity contribution is -0.186. The van der Waals surface area contributed by atoms with E-state index in [-0.39, 0.29) is 30.6 Å². The smallest absolute Gasteiger partial charge is 0.351 e. The number of anilines is 3. The molecule has 7 nitrogen and oxygen atoms in total. The van der Waals surface area contributed by atoms with Crippen LogP contribution in [-0.2, 0) is 4.79 Å². The van der Waals surface area contributed by atoms with Crippen LogP contribution in [0, 0.1) is 24.7 Å². The van der Waals surface area contributed by atoms with Gasteiger partial charge in [0.1, 0.15) is 11.6 Å². The minimum atomic E-state index is -4.13. The highest BCUT2D eigenvalue weighted by Gasteiger charge is 2.42. The first kappa shape index (κ1) is 24.5. The number of ketones is 1. The normalized spacial score (nSPS) is 25.6. The molecule has 2 aliphatic rings. The van der Waals surface area contributed by atoms with Gasteiger partial charge in [0.25, 0.3) is 0 Å². The Morgan fingerprint density at radius 1 is 1.09 bits per heavy atom. The summed E-state index contributed by atoms with van der Waals surface area (Å²) >= 11 is 0. The molecule has 0 amide bonds. The van der Waals surface area contributed by atoms with E-state index in [9.17, 15) is 18.0 Å². The molecule has 10 heteroatoms. The number of hydrogen-bond acceptors (Lipinski definition) is 6. The number of nitrogens with one attached hydrogen (secondary N) is 3. The summed E-state index contributed by atoms with van der Waals surface area (Å²) in [6.45, 7) is 1.92. The number of aryl methyl sites for hydroxylation is 1. The first-order chi connectivity index (χ1) is 16.2. The van der Waals surface area contributed by atoms with Gasteiger partial charge in [-0.15, -0.1) is 0 Å². The van der Waals surface area contributed by atoms with Gasteiger partial charge in [-0.1, -0.05) is 6.42 Å². The minimum Gasteiger partial charge on any atom is -0.351 e. The first-order valence-corrected chi connectivity index (χ1v) is 12.2. The zero-order valence-electron chi connectivity index (χ0n) is 19.5. The van der Waals surface area contributed by atoms with Crippen molar-refractivity contribution in [1.82, 2.24) is 20.2 Å². The van der Waals surface area contributed by atoms with Crippen LogP contribution in [0.15, 0.2) is 18.3 Å². The molecule has 0 radical (unpaired) electrons. The third-order valence-electron chi connectivity index (χ3n) is 7.08. The number of aromatic nitrogens is 4. The van der Waals surface area contributed by atoms with Gasteiger partial charge in [-0.2, -0.15) is 23.3 Å². The van der Waals surface area contributed by atoms with Gasteiger partial charge in [0.05, 0.1) is 5.92 Å². The van der Waals surface area contributed by atoms with Crippen LogP contribution in [-0.4, -0.2) is 38.2 Å². The molecule has 2 fully saturated rings. The maximum atomic E-state index is 13.0. The van der Waals surface area contributed by atoms with Gasteiger partial charge in [-0.3, -0.25) is 9.89 Å². The Hall–Kier alpha value is -2.65. The molecule has 0 spiro atoms. The standard InChI is InChI=1S/C24H33F3N6O/c1-15-11-22(33-32-15)30-21-9-10-28-23(31-21)29-19-7-5-16(6-8-19)13-20(34)14-17-3-2-4-18(12-17)24(25,26)27/h9-11,16-19H,2-8,12-14H2,1H3,(H3,28,29,30,31,32,33)/t16?,17-,18+,19?/m1/s1. The zero-order valence-corrected chi connectivity index (χ0v) is 19.5. The fraction of sp³-hybridized carbons (Fsp3) is 0.667. The minimum absolute atomic E-state index is 0.111. The average molecular weight is 479 g/mol. The maximum Gasteiger partial charge on any atom is 0.391 e. The van der Waals surface area contributed by atoms with E-state index in [4.69, 9.17) is 0 Å². The molecule has 34 heavy (non-hydrogen) atoms. The Kier molecular flexibility index (Phi) is 7.73. The number of halogens is 3. The second kappa shape index (κ2) is 10.7. The van der Waals surface area contributed by atoms with Crippen molar-refractivity contribution in [3.05, 3.63) is 24.0 Å². The van der Waals surface area contributed by atoms with Crippen LogP contribution in [0.4, 0.5) is 30.8 Å². The van der Waals surface area contributed by atoms with Crippen LogP contribution < -0.4 is 10.6 Å². The summed E-state index contributed by atoms with van der Waals surface area (Å²) in [6.07, 6.45) is 3.63. The number of aromatic amines is 1. The SMILES string of the molecule is Cc1cc(Nc2ccnc(NC3CCC(CC(=O)C[C@@H]4CCC[C@H](C(F)(F)F)C4)CC3)n2)n[nH]1. The van der Waals surface area contributed by atoms with E-state index in [0.29, 0.717) is 42.8 Å². The highest BCUT2D eigenvalue weighted by molar-refractivity contribution is 5.78. The van der Waals surface area contributed by atoms with E-state index in [2.05, 4.69) is 30.8 Å². The molecule has 2 aromatic rings. The summed E-state index contributed by atoms with van der Waals surface area (Å²) < 4.78 is 39.1. The van der Waals surface area contributed by atoms with Crippen LogP contribution in [0.3, 0.4) is 0 Å². The Labute approximate surface area is 197 Å². The summed E-state index contributed by atoms with van der Waals surface area (Å²) in [5.41, 5.74) is 0.953. The summed E-state index contributed by atoms with van der Waals surface area (Å²) in [7, 11) is 0. The lowest BCUT2D eigenvalue weighted by Gasteiger charge is -2.31. The molecule has 0 aromatic carbocycles. The molecule has 2 aliphatic carbocycles. The molecular formula is C24H33F3N6O. The van der Waals surface area contributed by atoms with Crippen molar-refractivity contribution in [2.45, 2.75) is 83.4 Å². The Bertz CT molecular complexity index is 954. The second-order valence-corrected chi connectivity index (χ2v) is 9.91. The molecule has 0 unspecified atom stereocenters. The van der Waals surface area contributed by atoms with Crippen molar-refractivity contribution in [2.75, 3.05) is 10.6 Å². The van der Waals surface area contributed by atoms with Crippen LogP contribution >= 0.6 is 0 Å². The van der Waals surface area contributed by atoms with Gasteiger partial charge in [0.15, 0.2) is 5.82 Å². The average Bonchev–Trinajstić information content (AvgIpc) is 3.19. The van der Waals surface area contributed by atoms with Crippen molar-refractivity contribution in [3.63, 3.8) is 0 Å². The molecule has 2 aromatic heterocycles. The summed E-state index contributed by atoms with van der Waals surface area (Å²) in [6, 6.07) is 3.90. The van der Waals surface area contributed by atoms with E-state index >= 15 is 0 Å². The van der Waals surface area contributed by atoms with Gasteiger partial charge in [0, 0.05) is 36.8 Å². The summed E-state index contributed by atoms with van der Waals surface area (Å²) in [5.74, 6) is 0.972. The maximum absolute atomic E-state index is 13.0. The third-order valence-corrected chi connectivity index (χ3v) is 7.08. The van der Waals surface area contributed by atoms with Crippen molar-refractivity contribution < 1.29 is 18.0 Å². The molecule has 4 rings (SSSR count). The number of hydrogen-bond donors (Lipinski definition) is 3. The Balaban J connectivity index is 1.19. The van der Waals surface area contributed by atoms with Crippen LogP contribution in [0.25, 0.3) is 0 Å². The molecule has 0 saturated heterocycles. The number of nitrogens with zero attached hydrogens (tertiary/aromatic N) is 3. The fourth-order valence-corrected chi connectivity index (χ4v) is 5.31. The monoisotopic (exact) mass is 478 g/mol. The topological polar surface area (TPSA) is 95.6 Å². The van der Waals surface area contributed by atoms with E-state index < -0.39 is 12.1 Å². The highest BCUT2D eigenvalue weighted by Crippen LogP contribution is 2.41. The highest BCUT2D eigenvalue weighted by atomic mass is 19.4. The van der Waals surface area contributed by atoms with E-state index in [0.717, 1.165) is 37.8 Å². The van der Waals surface area contributed by atoms with Crippen molar-refractivity contribution in [1.29, 1.82) is 0 Å². The zero-order chi connectivity index (χ0) is 24.1. The van der Waals surface area contributed by atoms with Gasteiger partial charge in [-0.05, 0) is 69.8 Å². The van der Waals surface area contributed by atoms with Gasteiger partial charge >= 0.3 is 6.18 Å². The van der Waals surface area contributed by atoms with Gasteiger partial charge in [0.2, 0.25) is 5.95 Å². The second-order valence-electron chi connectivity index (χ2n) is 9.91. The lowest BCUT2D eigenvalue weighted by Crippen LogP contribution is -2.30. The number of alkyl halides is 3. The van der Waals surface area contributed by atoms with Crippen molar-refractivity contribution >= 4 is 23.4 Å². The molecule has 0 aliphatic heterocycles. The predicted octanol–water partition coefficient (Wildman–Crippen LogP) is 5.94. The summed E-state index contributed by atoms with van der Waals surface area (Å²) in [4.78, 5) is 21.4. The Morgan fingerprint density at radius 3 is 2.56 bits per heavy atom. The van der Waals surface area contributed by atoms with E-state index in [1.54, 1.807) is 12.3 Å². The molecule has 186 valence electrons.